The number of ketones is 1. The summed E-state index contributed by atoms with van der Waals surface area (Å²) in [6, 6.07) is 13.6. The summed E-state index contributed by atoms with van der Waals surface area (Å²) in [4.78, 5) is 28.3. The zero-order valence-corrected chi connectivity index (χ0v) is 22.4. The van der Waals surface area contributed by atoms with E-state index in [1.54, 1.807) is 18.2 Å². The summed E-state index contributed by atoms with van der Waals surface area (Å²) in [6.07, 6.45) is 0. The SMILES string of the molecule is COc1ccc(C2/C(=C(\O)c3cc(OC)c(Cl)cc3OC)C(=O)C(=O)N2c2ccc(C(C)C)cc2)cc1O. The lowest BCUT2D eigenvalue weighted by Gasteiger charge is -2.26. The smallest absolute Gasteiger partial charge is 0.300 e. The molecule has 1 saturated heterocycles. The van der Waals surface area contributed by atoms with Gasteiger partial charge in [-0.1, -0.05) is 43.6 Å². The van der Waals surface area contributed by atoms with Gasteiger partial charge in [-0.15, -0.1) is 0 Å². The summed E-state index contributed by atoms with van der Waals surface area (Å²) in [5.74, 6) is -1.48. The first kappa shape index (κ1) is 26.9. The number of hydrogen-bond acceptors (Lipinski definition) is 7. The number of phenols is 1. The number of aromatic hydroxyl groups is 1. The highest BCUT2D eigenvalue weighted by Gasteiger charge is 2.47. The third-order valence-corrected chi connectivity index (χ3v) is 6.83. The van der Waals surface area contributed by atoms with Crippen LogP contribution in [-0.2, 0) is 9.59 Å². The molecule has 1 aliphatic heterocycles. The fourth-order valence-electron chi connectivity index (χ4n) is 4.50. The van der Waals surface area contributed by atoms with Gasteiger partial charge in [0.25, 0.3) is 11.7 Å². The third kappa shape index (κ3) is 4.63. The number of methoxy groups -OCH3 is 3. The van der Waals surface area contributed by atoms with Crippen LogP contribution in [0.2, 0.25) is 5.02 Å². The van der Waals surface area contributed by atoms with Crippen LogP contribution in [0.1, 0.15) is 42.5 Å². The number of phenolic OH excluding ortho intramolecular Hbond substituents is 1. The molecule has 1 heterocycles. The number of aliphatic hydroxyl groups is 1. The van der Waals surface area contributed by atoms with E-state index >= 15 is 0 Å². The second-order valence-electron chi connectivity index (χ2n) is 9.03. The van der Waals surface area contributed by atoms with E-state index in [9.17, 15) is 19.8 Å². The quantitative estimate of drug-likeness (QED) is 0.222. The van der Waals surface area contributed by atoms with Crippen molar-refractivity contribution in [1.29, 1.82) is 0 Å². The molecule has 3 aromatic carbocycles. The zero-order valence-electron chi connectivity index (χ0n) is 21.6. The fraction of sp³-hybridized carbons (Fsp3) is 0.241. The Kier molecular flexibility index (Phi) is 7.55. The number of carbonyl (C=O) groups is 2. The minimum atomic E-state index is -1.07. The van der Waals surface area contributed by atoms with Crippen LogP contribution in [-0.4, -0.2) is 43.2 Å². The average molecular weight is 538 g/mol. The van der Waals surface area contributed by atoms with Crippen molar-refractivity contribution in [3.8, 4) is 23.0 Å². The Morgan fingerprint density at radius 3 is 2.08 bits per heavy atom. The largest absolute Gasteiger partial charge is 0.507 e. The zero-order chi connectivity index (χ0) is 27.7. The first-order chi connectivity index (χ1) is 18.1. The van der Waals surface area contributed by atoms with Crippen molar-refractivity contribution in [3.05, 3.63) is 81.9 Å². The molecule has 0 aromatic heterocycles. The predicted octanol–water partition coefficient (Wildman–Crippen LogP) is 5.82. The first-order valence-electron chi connectivity index (χ1n) is 11.8. The number of aliphatic hydroxyl groups excluding tert-OH is 1. The summed E-state index contributed by atoms with van der Waals surface area (Å²) in [5.41, 5.74) is 1.83. The fourth-order valence-corrected chi connectivity index (χ4v) is 4.73. The molecular weight excluding hydrogens is 510 g/mol. The molecule has 1 atom stereocenters. The molecule has 4 rings (SSSR count). The average Bonchev–Trinajstić information content (AvgIpc) is 3.18. The number of ether oxygens (including phenoxy) is 3. The van der Waals surface area contributed by atoms with Crippen molar-refractivity contribution in [3.63, 3.8) is 0 Å². The molecule has 198 valence electrons. The predicted molar refractivity (Wildman–Crippen MR) is 145 cm³/mol. The van der Waals surface area contributed by atoms with Gasteiger partial charge in [0, 0.05) is 11.8 Å². The third-order valence-electron chi connectivity index (χ3n) is 6.53. The number of hydrogen-bond donors (Lipinski definition) is 2. The highest BCUT2D eigenvalue weighted by Crippen LogP contribution is 2.46. The summed E-state index contributed by atoms with van der Waals surface area (Å²) in [7, 11) is 4.22. The monoisotopic (exact) mass is 537 g/mol. The number of Topliss-reactive ketones (excluding diaryl/α,β-unsaturated/α-hetero) is 1. The van der Waals surface area contributed by atoms with E-state index < -0.39 is 23.5 Å². The minimum Gasteiger partial charge on any atom is -0.507 e. The van der Waals surface area contributed by atoms with Crippen LogP contribution in [0, 0.1) is 0 Å². The van der Waals surface area contributed by atoms with Gasteiger partial charge in [0.15, 0.2) is 11.5 Å². The number of nitrogens with zero attached hydrogens (tertiary/aromatic N) is 1. The van der Waals surface area contributed by atoms with E-state index in [-0.39, 0.29) is 45.1 Å². The summed E-state index contributed by atoms with van der Waals surface area (Å²) >= 11 is 6.23. The van der Waals surface area contributed by atoms with Gasteiger partial charge >= 0.3 is 0 Å². The lowest BCUT2D eigenvalue weighted by Crippen LogP contribution is -2.29. The topological polar surface area (TPSA) is 106 Å². The van der Waals surface area contributed by atoms with Crippen LogP contribution < -0.4 is 19.1 Å². The summed E-state index contributed by atoms with van der Waals surface area (Å²) in [6.45, 7) is 4.10. The molecule has 1 fully saturated rings. The van der Waals surface area contributed by atoms with Crippen LogP contribution in [0.25, 0.3) is 5.76 Å². The van der Waals surface area contributed by atoms with Crippen LogP contribution in [0.3, 0.4) is 0 Å². The molecule has 8 nitrogen and oxygen atoms in total. The number of carbonyl (C=O) groups excluding carboxylic acids is 2. The highest BCUT2D eigenvalue weighted by atomic mass is 35.5. The second-order valence-corrected chi connectivity index (χ2v) is 9.44. The number of halogens is 1. The molecule has 0 saturated carbocycles. The second kappa shape index (κ2) is 10.7. The Labute approximate surface area is 225 Å². The Balaban J connectivity index is 1.99. The van der Waals surface area contributed by atoms with Crippen molar-refractivity contribution >= 4 is 34.7 Å². The Morgan fingerprint density at radius 2 is 1.53 bits per heavy atom. The Morgan fingerprint density at radius 1 is 0.895 bits per heavy atom. The summed E-state index contributed by atoms with van der Waals surface area (Å²) < 4.78 is 15.9. The van der Waals surface area contributed by atoms with Gasteiger partial charge in [0.2, 0.25) is 0 Å². The van der Waals surface area contributed by atoms with E-state index in [0.29, 0.717) is 11.3 Å². The first-order valence-corrected chi connectivity index (χ1v) is 12.2. The molecule has 1 aliphatic rings. The molecule has 2 N–H and O–H groups in total. The van der Waals surface area contributed by atoms with E-state index in [4.69, 9.17) is 25.8 Å². The molecule has 1 amide bonds. The van der Waals surface area contributed by atoms with Crippen molar-refractivity contribution in [1.82, 2.24) is 0 Å². The maximum atomic E-state index is 13.5. The van der Waals surface area contributed by atoms with E-state index in [1.807, 2.05) is 12.1 Å². The van der Waals surface area contributed by atoms with Crippen LogP contribution in [0.4, 0.5) is 5.69 Å². The van der Waals surface area contributed by atoms with Gasteiger partial charge in [0.1, 0.15) is 17.3 Å². The van der Waals surface area contributed by atoms with Gasteiger partial charge in [-0.05, 0) is 47.4 Å². The van der Waals surface area contributed by atoms with E-state index in [0.717, 1.165) is 5.56 Å². The molecule has 0 radical (unpaired) electrons. The number of rotatable bonds is 7. The van der Waals surface area contributed by atoms with E-state index in [1.165, 1.54) is 50.5 Å². The molecule has 38 heavy (non-hydrogen) atoms. The molecule has 0 aliphatic carbocycles. The molecule has 9 heteroatoms. The van der Waals surface area contributed by atoms with Crippen molar-refractivity contribution in [2.45, 2.75) is 25.8 Å². The van der Waals surface area contributed by atoms with Gasteiger partial charge in [-0.25, -0.2) is 0 Å². The standard InChI is InChI=1S/C29H28ClNO7/c1-15(2)16-6-9-18(10-7-16)31-26(17-8-11-22(36-3)21(32)12-17)25(28(34)29(31)35)27(33)19-13-24(38-5)20(30)14-23(19)37-4/h6-15,26,32-33H,1-5H3/b27-25+. The molecular formula is C29H28ClNO7. The van der Waals surface area contributed by atoms with Crippen LogP contribution in [0.15, 0.2) is 60.2 Å². The normalized spacial score (nSPS) is 16.7. The molecule has 1 unspecified atom stereocenters. The molecule has 0 bridgehead atoms. The van der Waals surface area contributed by atoms with Crippen molar-refractivity contribution < 1.29 is 34.0 Å². The number of benzene rings is 3. The highest BCUT2D eigenvalue weighted by molar-refractivity contribution is 6.51. The molecule has 3 aromatic rings. The minimum absolute atomic E-state index is 0.115. The van der Waals surface area contributed by atoms with Gasteiger partial charge in [0.05, 0.1) is 43.5 Å². The van der Waals surface area contributed by atoms with Gasteiger partial charge in [-0.2, -0.15) is 0 Å². The summed E-state index contributed by atoms with van der Waals surface area (Å²) in [5, 5.41) is 22.3. The Bertz CT molecular complexity index is 1430. The van der Waals surface area contributed by atoms with Crippen LogP contribution in [0.5, 0.6) is 23.0 Å². The Hall–Kier alpha value is -4.17. The molecule has 0 spiro atoms. The van der Waals surface area contributed by atoms with Gasteiger partial charge in [-0.3, -0.25) is 14.5 Å². The maximum Gasteiger partial charge on any atom is 0.300 e. The lowest BCUT2D eigenvalue weighted by atomic mass is 9.94. The maximum absolute atomic E-state index is 13.5. The van der Waals surface area contributed by atoms with Gasteiger partial charge < -0.3 is 24.4 Å². The van der Waals surface area contributed by atoms with E-state index in [2.05, 4.69) is 13.8 Å². The van der Waals surface area contributed by atoms with Crippen LogP contribution >= 0.6 is 11.6 Å². The number of amides is 1. The van der Waals surface area contributed by atoms with Crippen molar-refractivity contribution in [2.75, 3.05) is 26.2 Å². The number of anilines is 1. The van der Waals surface area contributed by atoms with Crippen molar-refractivity contribution in [2.24, 2.45) is 0 Å². The lowest BCUT2D eigenvalue weighted by molar-refractivity contribution is -0.132.